The average molecular weight is 568 g/mol. The first-order valence-electron chi connectivity index (χ1n) is 12.9. The number of aryl methyl sites for hydroxylation is 1. The van der Waals surface area contributed by atoms with Crippen molar-refractivity contribution in [2.75, 3.05) is 38.0 Å². The van der Waals surface area contributed by atoms with E-state index >= 15 is 0 Å². The molecule has 2 aromatic carbocycles. The Morgan fingerprint density at radius 2 is 1.93 bits per heavy atom. The summed E-state index contributed by atoms with van der Waals surface area (Å²) in [7, 11) is 3.01. The summed E-state index contributed by atoms with van der Waals surface area (Å²) in [6, 6.07) is 11.2. The lowest BCUT2D eigenvalue weighted by molar-refractivity contribution is -0.123. The first-order valence-corrected chi connectivity index (χ1v) is 13.7. The number of amides is 3. The molecule has 11 nitrogen and oxygen atoms in total. The number of hydrogen-bond donors (Lipinski definition) is 3. The maximum atomic E-state index is 14.3. The van der Waals surface area contributed by atoms with Crippen molar-refractivity contribution in [3.05, 3.63) is 64.2 Å². The van der Waals surface area contributed by atoms with Crippen LogP contribution in [0.2, 0.25) is 0 Å². The number of nitrogens with zero attached hydrogens (tertiary/aromatic N) is 2. The number of benzene rings is 2. The fourth-order valence-corrected chi connectivity index (χ4v) is 5.45. The molecule has 5 N–H and O–H groups in total. The van der Waals surface area contributed by atoms with Crippen molar-refractivity contribution in [2.24, 2.45) is 5.73 Å². The van der Waals surface area contributed by atoms with Crippen molar-refractivity contribution in [3.63, 3.8) is 0 Å². The third-order valence-electron chi connectivity index (χ3n) is 6.76. The van der Waals surface area contributed by atoms with Crippen molar-refractivity contribution >= 4 is 40.6 Å². The lowest BCUT2D eigenvalue weighted by atomic mass is 9.99. The first-order chi connectivity index (χ1) is 19.3. The molecule has 2 atom stereocenters. The minimum Gasteiger partial charge on any atom is -0.493 e. The Labute approximate surface area is 236 Å². The minimum atomic E-state index is -1.15. The SMILES string of the molecule is CCc1ccccc1N(C(=O)c1snc(C(N)=O)c1N)[C@@H](C(=O)NC[C@@H]1CCCO1)c1ccc(OC)c(OC)c1. The van der Waals surface area contributed by atoms with E-state index in [2.05, 4.69) is 9.69 Å². The molecule has 0 spiro atoms. The van der Waals surface area contributed by atoms with Crippen LogP contribution < -0.4 is 31.2 Å². The van der Waals surface area contributed by atoms with Gasteiger partial charge in [0.1, 0.15) is 10.9 Å². The molecule has 1 fully saturated rings. The fraction of sp³-hybridized carbons (Fsp3) is 0.357. The van der Waals surface area contributed by atoms with E-state index < -0.39 is 23.8 Å². The van der Waals surface area contributed by atoms with E-state index in [1.54, 1.807) is 30.3 Å². The Hall–Kier alpha value is -4.16. The van der Waals surface area contributed by atoms with Gasteiger partial charge in [-0.25, -0.2) is 0 Å². The van der Waals surface area contributed by atoms with E-state index in [4.69, 9.17) is 25.7 Å². The first kappa shape index (κ1) is 28.8. The summed E-state index contributed by atoms with van der Waals surface area (Å²) in [6.07, 6.45) is 2.22. The van der Waals surface area contributed by atoms with Crippen molar-refractivity contribution in [3.8, 4) is 11.5 Å². The number of anilines is 2. The quantitative estimate of drug-likeness (QED) is 0.319. The van der Waals surface area contributed by atoms with Crippen LogP contribution in [0.3, 0.4) is 0 Å². The molecule has 1 saturated heterocycles. The van der Waals surface area contributed by atoms with E-state index in [1.165, 1.54) is 19.1 Å². The van der Waals surface area contributed by atoms with Gasteiger partial charge in [-0.3, -0.25) is 19.3 Å². The third-order valence-corrected chi connectivity index (χ3v) is 7.62. The van der Waals surface area contributed by atoms with E-state index in [1.807, 2.05) is 19.1 Å². The molecule has 212 valence electrons. The van der Waals surface area contributed by atoms with Gasteiger partial charge in [-0.05, 0) is 60.1 Å². The fourth-order valence-electron chi connectivity index (χ4n) is 4.71. The second-order valence-corrected chi connectivity index (χ2v) is 9.97. The number of para-hydroxylation sites is 1. The number of ether oxygens (including phenoxy) is 3. The Kier molecular flexibility index (Phi) is 9.22. The lowest BCUT2D eigenvalue weighted by Crippen LogP contribution is -2.46. The molecule has 1 aliphatic rings. The largest absolute Gasteiger partial charge is 0.493 e. The van der Waals surface area contributed by atoms with Crippen LogP contribution in [0.5, 0.6) is 11.5 Å². The van der Waals surface area contributed by atoms with Gasteiger partial charge in [0.05, 0.1) is 26.0 Å². The minimum absolute atomic E-state index is 0.00268. The maximum absolute atomic E-state index is 14.3. The molecule has 1 aromatic heterocycles. The van der Waals surface area contributed by atoms with Crippen LogP contribution in [0.4, 0.5) is 11.4 Å². The monoisotopic (exact) mass is 567 g/mol. The molecule has 40 heavy (non-hydrogen) atoms. The second-order valence-electron chi connectivity index (χ2n) is 9.19. The Balaban J connectivity index is 1.89. The molecule has 4 rings (SSSR count). The molecule has 3 amide bonds. The highest BCUT2D eigenvalue weighted by molar-refractivity contribution is 7.09. The molecule has 0 bridgehead atoms. The highest BCUT2D eigenvalue weighted by Gasteiger charge is 2.37. The Morgan fingerprint density at radius 3 is 2.55 bits per heavy atom. The predicted molar refractivity (Wildman–Crippen MR) is 152 cm³/mol. The molecule has 0 aliphatic carbocycles. The summed E-state index contributed by atoms with van der Waals surface area (Å²) in [6.45, 7) is 2.88. The number of nitrogens with one attached hydrogen (secondary N) is 1. The highest BCUT2D eigenvalue weighted by Crippen LogP contribution is 2.38. The molecule has 12 heteroatoms. The maximum Gasteiger partial charge on any atom is 0.273 e. The molecule has 0 unspecified atom stereocenters. The molecule has 2 heterocycles. The van der Waals surface area contributed by atoms with Gasteiger partial charge < -0.3 is 31.0 Å². The number of methoxy groups -OCH3 is 2. The van der Waals surface area contributed by atoms with E-state index in [0.29, 0.717) is 35.8 Å². The van der Waals surface area contributed by atoms with Crippen LogP contribution in [-0.4, -0.2) is 55.6 Å². The van der Waals surface area contributed by atoms with Gasteiger partial charge in [0, 0.05) is 18.8 Å². The average Bonchev–Trinajstić information content (AvgIpc) is 3.63. The molecule has 0 saturated carbocycles. The van der Waals surface area contributed by atoms with E-state index in [9.17, 15) is 14.4 Å². The zero-order valence-electron chi connectivity index (χ0n) is 22.6. The summed E-state index contributed by atoms with van der Waals surface area (Å²) < 4.78 is 20.6. The number of carbonyl (C=O) groups is 3. The number of nitrogen functional groups attached to an aromatic ring is 1. The Morgan fingerprint density at radius 1 is 1.18 bits per heavy atom. The summed E-state index contributed by atoms with van der Waals surface area (Å²) in [5.74, 6) is -1.02. The van der Waals surface area contributed by atoms with Gasteiger partial charge in [-0.2, -0.15) is 4.37 Å². The molecular formula is C28H33N5O6S. The summed E-state index contributed by atoms with van der Waals surface area (Å²) in [5, 5.41) is 2.97. The standard InChI is InChI=1S/C28H33N5O6S/c1-4-16-8-5-6-10-19(16)33(28(36)25-22(29)23(26(30)34)32-40-25)24(27(35)31-15-18-9-7-13-39-18)17-11-12-20(37-2)21(14-17)38-3/h5-6,8,10-12,14,18,24H,4,7,9,13,15,29H2,1-3H3,(H2,30,34)(H,31,35)/t18-,24+/m0/s1. The van der Waals surface area contributed by atoms with Crippen LogP contribution in [0.15, 0.2) is 42.5 Å². The van der Waals surface area contributed by atoms with Crippen molar-refractivity contribution < 1.29 is 28.6 Å². The summed E-state index contributed by atoms with van der Waals surface area (Å²) in [5.41, 5.74) is 13.1. The molecule has 1 aliphatic heterocycles. The van der Waals surface area contributed by atoms with Gasteiger partial charge in [-0.1, -0.05) is 31.2 Å². The van der Waals surface area contributed by atoms with Crippen LogP contribution in [0.1, 0.15) is 57.1 Å². The third kappa shape index (κ3) is 5.87. The van der Waals surface area contributed by atoms with Gasteiger partial charge >= 0.3 is 0 Å². The molecule has 3 aromatic rings. The lowest BCUT2D eigenvalue weighted by Gasteiger charge is -2.33. The predicted octanol–water partition coefficient (Wildman–Crippen LogP) is 3.09. The summed E-state index contributed by atoms with van der Waals surface area (Å²) in [4.78, 5) is 41.6. The van der Waals surface area contributed by atoms with Crippen LogP contribution in [0.25, 0.3) is 0 Å². The van der Waals surface area contributed by atoms with Gasteiger partial charge in [-0.15, -0.1) is 0 Å². The number of aromatic nitrogens is 1. The topological polar surface area (TPSA) is 159 Å². The van der Waals surface area contributed by atoms with Gasteiger partial charge in [0.2, 0.25) is 5.91 Å². The number of nitrogens with two attached hydrogens (primary N) is 2. The van der Waals surface area contributed by atoms with Gasteiger partial charge in [0.25, 0.3) is 11.8 Å². The molecular weight excluding hydrogens is 534 g/mol. The highest BCUT2D eigenvalue weighted by atomic mass is 32.1. The van der Waals surface area contributed by atoms with Crippen LogP contribution in [-0.2, 0) is 16.0 Å². The van der Waals surface area contributed by atoms with Gasteiger partial charge in [0.15, 0.2) is 17.2 Å². The summed E-state index contributed by atoms with van der Waals surface area (Å²) >= 11 is 0.757. The smallest absolute Gasteiger partial charge is 0.273 e. The number of hydrogen-bond acceptors (Lipinski definition) is 9. The number of rotatable bonds is 11. The zero-order valence-corrected chi connectivity index (χ0v) is 23.5. The Bertz CT molecular complexity index is 1390. The van der Waals surface area contributed by atoms with Crippen molar-refractivity contribution in [1.29, 1.82) is 0 Å². The number of carbonyl (C=O) groups excluding carboxylic acids is 3. The number of primary amides is 1. The van der Waals surface area contributed by atoms with Crippen LogP contribution >= 0.6 is 11.5 Å². The zero-order chi connectivity index (χ0) is 28.8. The van der Waals surface area contributed by atoms with E-state index in [-0.39, 0.29) is 28.9 Å². The second kappa shape index (κ2) is 12.8. The van der Waals surface area contributed by atoms with Crippen molar-refractivity contribution in [1.82, 2.24) is 9.69 Å². The van der Waals surface area contributed by atoms with E-state index in [0.717, 1.165) is 29.9 Å². The normalized spacial score (nSPS) is 15.3. The van der Waals surface area contributed by atoms with Crippen LogP contribution in [0, 0.1) is 0 Å². The van der Waals surface area contributed by atoms with Crippen molar-refractivity contribution in [2.45, 2.75) is 38.3 Å². The molecule has 0 radical (unpaired) electrons.